The number of rotatable bonds is 5. The Balaban J connectivity index is 1.95. The van der Waals surface area contributed by atoms with E-state index in [0.717, 1.165) is 24.7 Å². The van der Waals surface area contributed by atoms with E-state index in [2.05, 4.69) is 4.72 Å². The molecule has 0 unspecified atom stereocenters. The third-order valence-corrected chi connectivity index (χ3v) is 7.92. The van der Waals surface area contributed by atoms with Crippen LogP contribution < -0.4 is 4.72 Å². The first kappa shape index (κ1) is 25.0. The summed E-state index contributed by atoms with van der Waals surface area (Å²) in [6.07, 6.45) is 3.75. The minimum Gasteiger partial charge on any atom is -0.481 e. The second-order valence-electron chi connectivity index (χ2n) is 9.08. The molecule has 4 atom stereocenters. The Hall–Kier alpha value is -2.13. The van der Waals surface area contributed by atoms with Crippen LogP contribution in [0.1, 0.15) is 64.7 Å². The summed E-state index contributed by atoms with van der Waals surface area (Å²) in [5.74, 6) is -2.52. The van der Waals surface area contributed by atoms with Gasteiger partial charge < -0.3 is 10.0 Å². The second-order valence-corrected chi connectivity index (χ2v) is 11.7. The standard InChI is InChI=1S/C24H26Cl2N2O5S/c1-13-7-9-15-17(11-13)21(24(30)31)22(16-10-8-14(25)12-18(16)26)28(23(15)29)20-6-4-3-5-19(20)27-34(2,32)33/h7-12,19-22,27H,3-6H2,1-2H3,(H,30,31)/t19-,20-,21+,22-/m0/s1. The molecular weight excluding hydrogens is 499 g/mol. The fourth-order valence-electron chi connectivity index (χ4n) is 5.28. The Labute approximate surface area is 209 Å². The molecule has 1 aliphatic carbocycles. The van der Waals surface area contributed by atoms with Gasteiger partial charge in [0.05, 0.1) is 12.3 Å². The molecular formula is C24H26Cl2N2O5S. The van der Waals surface area contributed by atoms with Crippen molar-refractivity contribution in [2.24, 2.45) is 0 Å². The van der Waals surface area contributed by atoms with Crippen LogP contribution >= 0.6 is 23.2 Å². The maximum atomic E-state index is 14.0. The Bertz CT molecular complexity index is 1250. The van der Waals surface area contributed by atoms with Gasteiger partial charge in [0.25, 0.3) is 5.91 Å². The second kappa shape index (κ2) is 9.49. The van der Waals surface area contributed by atoms with Crippen molar-refractivity contribution in [3.63, 3.8) is 0 Å². The lowest BCUT2D eigenvalue weighted by molar-refractivity contribution is -0.141. The summed E-state index contributed by atoms with van der Waals surface area (Å²) in [5.41, 5.74) is 2.03. The summed E-state index contributed by atoms with van der Waals surface area (Å²) in [7, 11) is -3.55. The zero-order valence-corrected chi connectivity index (χ0v) is 21.1. The van der Waals surface area contributed by atoms with Crippen LogP contribution in [0.5, 0.6) is 0 Å². The first-order valence-corrected chi connectivity index (χ1v) is 13.7. The molecule has 0 bridgehead atoms. The summed E-state index contributed by atoms with van der Waals surface area (Å²) in [4.78, 5) is 28.2. The first-order valence-electron chi connectivity index (χ1n) is 11.1. The number of hydrogen-bond donors (Lipinski definition) is 2. The highest BCUT2D eigenvalue weighted by atomic mass is 35.5. The van der Waals surface area contributed by atoms with Gasteiger partial charge in [-0.2, -0.15) is 0 Å². The van der Waals surface area contributed by atoms with Gasteiger partial charge in [-0.1, -0.05) is 59.8 Å². The number of hydrogen-bond acceptors (Lipinski definition) is 4. The number of nitrogens with zero attached hydrogens (tertiary/aromatic N) is 1. The van der Waals surface area contributed by atoms with E-state index in [9.17, 15) is 23.1 Å². The van der Waals surface area contributed by atoms with Crippen molar-refractivity contribution in [3.8, 4) is 0 Å². The first-order chi connectivity index (χ1) is 16.0. The molecule has 0 radical (unpaired) electrons. The van der Waals surface area contributed by atoms with Crippen LogP contribution in [0, 0.1) is 6.92 Å². The van der Waals surface area contributed by atoms with Crippen molar-refractivity contribution in [1.82, 2.24) is 9.62 Å². The molecule has 7 nitrogen and oxygen atoms in total. The van der Waals surface area contributed by atoms with E-state index in [4.69, 9.17) is 23.2 Å². The number of amides is 1. The number of halogens is 2. The number of nitrogens with one attached hydrogen (secondary N) is 1. The molecule has 34 heavy (non-hydrogen) atoms. The topological polar surface area (TPSA) is 104 Å². The smallest absolute Gasteiger partial charge is 0.313 e. The lowest BCUT2D eigenvalue weighted by Crippen LogP contribution is -2.58. The molecule has 2 aliphatic rings. The average Bonchev–Trinajstić information content (AvgIpc) is 2.73. The molecule has 1 fully saturated rings. The van der Waals surface area contributed by atoms with Crippen LogP contribution in [0.3, 0.4) is 0 Å². The Kier molecular flexibility index (Phi) is 6.97. The Morgan fingerprint density at radius 2 is 1.79 bits per heavy atom. The van der Waals surface area contributed by atoms with Gasteiger partial charge in [-0.3, -0.25) is 9.59 Å². The molecule has 1 saturated carbocycles. The van der Waals surface area contributed by atoms with Gasteiger partial charge in [-0.05, 0) is 49.1 Å². The van der Waals surface area contributed by atoms with Crippen molar-refractivity contribution in [1.29, 1.82) is 0 Å². The number of fused-ring (bicyclic) bond motifs is 1. The number of sulfonamides is 1. The predicted octanol–water partition coefficient (Wildman–Crippen LogP) is 4.53. The van der Waals surface area contributed by atoms with Gasteiger partial charge in [0, 0.05) is 27.7 Å². The van der Waals surface area contributed by atoms with E-state index in [-0.39, 0.29) is 10.9 Å². The predicted molar refractivity (Wildman–Crippen MR) is 131 cm³/mol. The van der Waals surface area contributed by atoms with E-state index in [1.54, 1.807) is 35.2 Å². The lowest BCUT2D eigenvalue weighted by atomic mass is 9.76. The van der Waals surface area contributed by atoms with Gasteiger partial charge in [0.1, 0.15) is 5.92 Å². The Morgan fingerprint density at radius 3 is 2.44 bits per heavy atom. The van der Waals surface area contributed by atoms with Crippen LogP contribution in [0.4, 0.5) is 0 Å². The van der Waals surface area contributed by atoms with Crippen molar-refractivity contribution < 1.29 is 23.1 Å². The van der Waals surface area contributed by atoms with Gasteiger partial charge in [0.2, 0.25) is 10.0 Å². The van der Waals surface area contributed by atoms with Crippen molar-refractivity contribution in [3.05, 3.63) is 68.7 Å². The van der Waals surface area contributed by atoms with Gasteiger partial charge in [0.15, 0.2) is 0 Å². The minimum atomic E-state index is -3.55. The fourth-order valence-corrected chi connectivity index (χ4v) is 6.63. The number of carbonyl (C=O) groups is 2. The van der Waals surface area contributed by atoms with Crippen LogP contribution in [-0.4, -0.2) is 48.6 Å². The quantitative estimate of drug-likeness (QED) is 0.597. The number of carboxylic acid groups (broad SMARTS) is 1. The van der Waals surface area contributed by atoms with Gasteiger partial charge in [-0.15, -0.1) is 0 Å². The van der Waals surface area contributed by atoms with Gasteiger partial charge in [-0.25, -0.2) is 13.1 Å². The number of carboxylic acids is 1. The third-order valence-electron chi connectivity index (χ3n) is 6.62. The maximum absolute atomic E-state index is 14.0. The SMILES string of the molecule is Cc1ccc2c(c1)[C@@H](C(=O)O)[C@H](c1ccc(Cl)cc1Cl)N([C@H]1CCCC[C@@H]1NS(C)(=O)=O)C2=O. The largest absolute Gasteiger partial charge is 0.481 e. The monoisotopic (exact) mass is 524 g/mol. The van der Waals surface area contributed by atoms with E-state index < -0.39 is 40.0 Å². The van der Waals surface area contributed by atoms with E-state index in [0.29, 0.717) is 34.6 Å². The minimum absolute atomic E-state index is 0.251. The van der Waals surface area contributed by atoms with Gasteiger partial charge >= 0.3 is 5.97 Å². The molecule has 1 amide bonds. The van der Waals surface area contributed by atoms with E-state index in [1.807, 2.05) is 6.92 Å². The maximum Gasteiger partial charge on any atom is 0.313 e. The van der Waals surface area contributed by atoms with Crippen molar-refractivity contribution in [2.75, 3.05) is 6.26 Å². The number of aryl methyl sites for hydroxylation is 1. The molecule has 0 aromatic heterocycles. The highest BCUT2D eigenvalue weighted by Gasteiger charge is 2.49. The highest BCUT2D eigenvalue weighted by Crippen LogP contribution is 2.48. The molecule has 1 aliphatic heterocycles. The van der Waals surface area contributed by atoms with Crippen LogP contribution in [0.25, 0.3) is 0 Å². The Morgan fingerprint density at radius 1 is 1.09 bits per heavy atom. The highest BCUT2D eigenvalue weighted by molar-refractivity contribution is 7.88. The number of benzene rings is 2. The summed E-state index contributed by atoms with van der Waals surface area (Å²) in [5, 5.41) is 11.0. The summed E-state index contributed by atoms with van der Waals surface area (Å²) in [6.45, 7) is 1.84. The normalized spacial score (nSPS) is 25.2. The van der Waals surface area contributed by atoms with Crippen LogP contribution in [0.2, 0.25) is 10.0 Å². The zero-order valence-electron chi connectivity index (χ0n) is 18.8. The molecule has 2 N–H and O–H groups in total. The number of aliphatic carboxylic acids is 1. The molecule has 1 heterocycles. The summed E-state index contributed by atoms with van der Waals surface area (Å²) < 4.78 is 26.9. The number of carbonyl (C=O) groups excluding carboxylic acids is 1. The third kappa shape index (κ3) is 4.82. The molecule has 4 rings (SSSR count). The summed E-state index contributed by atoms with van der Waals surface area (Å²) >= 11 is 12.7. The average molecular weight is 525 g/mol. The molecule has 0 spiro atoms. The molecule has 10 heteroatoms. The molecule has 0 saturated heterocycles. The van der Waals surface area contributed by atoms with E-state index in [1.165, 1.54) is 6.07 Å². The van der Waals surface area contributed by atoms with Crippen LogP contribution in [-0.2, 0) is 14.8 Å². The fraction of sp³-hybridized carbons (Fsp3) is 0.417. The molecule has 2 aromatic rings. The zero-order chi connectivity index (χ0) is 24.8. The van der Waals surface area contributed by atoms with Crippen molar-refractivity contribution in [2.45, 2.75) is 56.7 Å². The van der Waals surface area contributed by atoms with E-state index >= 15 is 0 Å². The van der Waals surface area contributed by atoms with Crippen LogP contribution in [0.15, 0.2) is 36.4 Å². The van der Waals surface area contributed by atoms with Crippen molar-refractivity contribution >= 4 is 45.1 Å². The molecule has 182 valence electrons. The molecule has 2 aromatic carbocycles. The summed E-state index contributed by atoms with van der Waals surface area (Å²) in [6, 6.07) is 7.93. The lowest BCUT2D eigenvalue weighted by Gasteiger charge is -2.48.